The van der Waals surface area contributed by atoms with Crippen LogP contribution in [0, 0.1) is 13.8 Å². The van der Waals surface area contributed by atoms with Crippen molar-refractivity contribution in [2.75, 3.05) is 21.1 Å². The zero-order chi connectivity index (χ0) is 12.5. The van der Waals surface area contributed by atoms with Crippen LogP contribution in [0.1, 0.15) is 22.7 Å². The number of hydrogen-bond donors (Lipinski definition) is 1. The molecule has 0 radical (unpaired) electrons. The van der Waals surface area contributed by atoms with Crippen LogP contribution in [0.3, 0.4) is 0 Å². The van der Waals surface area contributed by atoms with Crippen molar-refractivity contribution in [3.8, 4) is 0 Å². The van der Waals surface area contributed by atoms with Crippen molar-refractivity contribution in [3.05, 3.63) is 34.9 Å². The predicted molar refractivity (Wildman–Crippen MR) is 64.3 cm³/mol. The van der Waals surface area contributed by atoms with Gasteiger partial charge in [-0.1, -0.05) is 18.2 Å². The van der Waals surface area contributed by atoms with Gasteiger partial charge in [0.05, 0.1) is 21.1 Å². The van der Waals surface area contributed by atoms with Gasteiger partial charge in [0.25, 0.3) is 0 Å². The smallest absolute Gasteiger partial charge is 0.367 e. The van der Waals surface area contributed by atoms with E-state index in [1.807, 2.05) is 53.2 Å². The van der Waals surface area contributed by atoms with Gasteiger partial charge in [0.1, 0.15) is 0 Å². The number of quaternary nitrogens is 1. The van der Waals surface area contributed by atoms with Crippen molar-refractivity contribution >= 4 is 5.97 Å². The average molecular weight is 222 g/mol. The second-order valence-corrected chi connectivity index (χ2v) is 5.15. The summed E-state index contributed by atoms with van der Waals surface area (Å²) in [6.45, 7) is 3.99. The Morgan fingerprint density at radius 3 is 2.25 bits per heavy atom. The minimum atomic E-state index is -0.777. The molecule has 0 aliphatic rings. The summed E-state index contributed by atoms with van der Waals surface area (Å²) in [4.78, 5) is 11.4. The Hall–Kier alpha value is -1.35. The quantitative estimate of drug-likeness (QED) is 0.795. The van der Waals surface area contributed by atoms with E-state index in [1.54, 1.807) is 0 Å². The topological polar surface area (TPSA) is 37.3 Å². The van der Waals surface area contributed by atoms with Crippen LogP contribution in [-0.2, 0) is 4.79 Å². The fourth-order valence-corrected chi connectivity index (χ4v) is 1.95. The maximum atomic E-state index is 11.4. The molecule has 0 amide bonds. The highest BCUT2D eigenvalue weighted by Gasteiger charge is 2.34. The number of rotatable bonds is 3. The molecule has 0 unspecified atom stereocenters. The van der Waals surface area contributed by atoms with Crippen molar-refractivity contribution in [2.45, 2.75) is 19.9 Å². The van der Waals surface area contributed by atoms with Crippen LogP contribution in [0.4, 0.5) is 0 Å². The molecule has 1 rings (SSSR count). The third-order valence-electron chi connectivity index (χ3n) is 2.95. The lowest BCUT2D eigenvalue weighted by Gasteiger charge is -2.32. The van der Waals surface area contributed by atoms with Gasteiger partial charge in [-0.15, -0.1) is 0 Å². The summed E-state index contributed by atoms with van der Waals surface area (Å²) in [6, 6.07) is 5.32. The minimum Gasteiger partial charge on any atom is -0.477 e. The summed E-state index contributed by atoms with van der Waals surface area (Å²) in [5.74, 6) is -0.777. The molecule has 0 fully saturated rings. The molecule has 0 saturated heterocycles. The van der Waals surface area contributed by atoms with E-state index in [4.69, 9.17) is 0 Å². The SMILES string of the molecule is Cc1cccc([C@@H](C(=O)O)[N+](C)(C)C)c1C. The van der Waals surface area contributed by atoms with Gasteiger partial charge < -0.3 is 9.59 Å². The maximum absolute atomic E-state index is 11.4. The van der Waals surface area contributed by atoms with Gasteiger partial charge in [0.2, 0.25) is 6.04 Å². The summed E-state index contributed by atoms with van der Waals surface area (Å²) >= 11 is 0. The van der Waals surface area contributed by atoms with E-state index in [9.17, 15) is 9.90 Å². The number of aliphatic carboxylic acids is 1. The molecule has 0 aromatic heterocycles. The van der Waals surface area contributed by atoms with E-state index in [2.05, 4.69) is 0 Å². The van der Waals surface area contributed by atoms with Crippen LogP contribution in [0.15, 0.2) is 18.2 Å². The highest BCUT2D eigenvalue weighted by Crippen LogP contribution is 2.27. The molecule has 1 aromatic rings. The molecule has 1 N–H and O–H groups in total. The number of aryl methyl sites for hydroxylation is 1. The van der Waals surface area contributed by atoms with E-state index in [-0.39, 0.29) is 0 Å². The summed E-state index contributed by atoms with van der Waals surface area (Å²) < 4.78 is 0.389. The first kappa shape index (κ1) is 12.7. The van der Waals surface area contributed by atoms with Crippen LogP contribution in [0.5, 0.6) is 0 Å². The fourth-order valence-electron chi connectivity index (χ4n) is 1.95. The normalized spacial score (nSPS) is 13.6. The van der Waals surface area contributed by atoms with E-state index in [1.165, 1.54) is 0 Å². The van der Waals surface area contributed by atoms with Crippen molar-refractivity contribution in [1.29, 1.82) is 0 Å². The van der Waals surface area contributed by atoms with Gasteiger partial charge >= 0.3 is 5.97 Å². The standard InChI is InChI=1S/C13H19NO2/c1-9-7-6-8-11(10(9)2)12(13(15)16)14(3,4)5/h6-8,12H,1-5H3/p+1/t12-/m0/s1. The summed E-state index contributed by atoms with van der Waals surface area (Å²) in [6.07, 6.45) is 0. The van der Waals surface area contributed by atoms with Gasteiger partial charge in [-0.25, -0.2) is 4.79 Å². The molecule has 16 heavy (non-hydrogen) atoms. The Bertz CT molecular complexity index is 405. The molecule has 0 aliphatic heterocycles. The first-order valence-electron chi connectivity index (χ1n) is 5.35. The van der Waals surface area contributed by atoms with E-state index in [0.29, 0.717) is 4.48 Å². The number of benzene rings is 1. The predicted octanol–water partition coefficient (Wildman–Crippen LogP) is 2.14. The number of carbonyl (C=O) groups is 1. The molecule has 1 atom stereocenters. The van der Waals surface area contributed by atoms with E-state index >= 15 is 0 Å². The Morgan fingerprint density at radius 1 is 1.25 bits per heavy atom. The zero-order valence-electron chi connectivity index (χ0n) is 10.6. The average Bonchev–Trinajstić information content (AvgIpc) is 2.09. The maximum Gasteiger partial charge on any atom is 0.367 e. The summed E-state index contributed by atoms with van der Waals surface area (Å²) in [5.41, 5.74) is 3.11. The van der Waals surface area contributed by atoms with Crippen LogP contribution < -0.4 is 0 Å². The molecule has 3 nitrogen and oxygen atoms in total. The van der Waals surface area contributed by atoms with Crippen LogP contribution >= 0.6 is 0 Å². The van der Waals surface area contributed by atoms with Crippen LogP contribution in [-0.4, -0.2) is 36.7 Å². The van der Waals surface area contributed by atoms with Gasteiger partial charge in [-0.05, 0) is 25.0 Å². The molecular weight excluding hydrogens is 202 g/mol. The van der Waals surface area contributed by atoms with Crippen molar-refractivity contribution in [3.63, 3.8) is 0 Å². The van der Waals surface area contributed by atoms with E-state index in [0.717, 1.165) is 16.7 Å². The van der Waals surface area contributed by atoms with Crippen molar-refractivity contribution < 1.29 is 14.4 Å². The first-order valence-corrected chi connectivity index (χ1v) is 5.35. The monoisotopic (exact) mass is 222 g/mol. The third-order valence-corrected chi connectivity index (χ3v) is 2.95. The number of carboxylic acids is 1. The first-order chi connectivity index (χ1) is 7.25. The minimum absolute atomic E-state index is 0.389. The zero-order valence-corrected chi connectivity index (χ0v) is 10.6. The number of hydrogen-bond acceptors (Lipinski definition) is 1. The molecule has 1 aromatic carbocycles. The highest BCUT2D eigenvalue weighted by atomic mass is 16.4. The van der Waals surface area contributed by atoms with Crippen molar-refractivity contribution in [2.24, 2.45) is 0 Å². The Morgan fingerprint density at radius 2 is 1.81 bits per heavy atom. The van der Waals surface area contributed by atoms with E-state index < -0.39 is 12.0 Å². The summed E-state index contributed by atoms with van der Waals surface area (Å²) in [5, 5.41) is 9.36. The number of nitrogens with zero attached hydrogens (tertiary/aromatic N) is 1. The molecular formula is C13H20NO2+. The third kappa shape index (κ3) is 2.42. The Labute approximate surface area is 96.9 Å². The van der Waals surface area contributed by atoms with Crippen LogP contribution in [0.2, 0.25) is 0 Å². The lowest BCUT2D eigenvalue weighted by molar-refractivity contribution is -0.893. The molecule has 0 spiro atoms. The Kier molecular flexibility index (Phi) is 3.38. The van der Waals surface area contributed by atoms with Crippen LogP contribution in [0.25, 0.3) is 0 Å². The molecule has 0 aliphatic carbocycles. The lowest BCUT2D eigenvalue weighted by Crippen LogP contribution is -2.43. The molecule has 0 heterocycles. The largest absolute Gasteiger partial charge is 0.477 e. The number of carboxylic acid groups (broad SMARTS) is 1. The number of likely N-dealkylation sites (N-methyl/N-ethyl adjacent to an activating group) is 1. The second kappa shape index (κ2) is 4.26. The lowest BCUT2D eigenvalue weighted by atomic mass is 9.96. The molecule has 0 bridgehead atoms. The molecule has 3 heteroatoms. The molecule has 0 saturated carbocycles. The second-order valence-electron chi connectivity index (χ2n) is 5.15. The van der Waals surface area contributed by atoms with Crippen molar-refractivity contribution in [1.82, 2.24) is 0 Å². The van der Waals surface area contributed by atoms with Gasteiger partial charge in [-0.2, -0.15) is 0 Å². The summed E-state index contributed by atoms with van der Waals surface area (Å²) in [7, 11) is 5.71. The molecule has 88 valence electrons. The van der Waals surface area contributed by atoms with Gasteiger partial charge in [0, 0.05) is 5.56 Å². The highest BCUT2D eigenvalue weighted by molar-refractivity contribution is 5.75. The van der Waals surface area contributed by atoms with Gasteiger partial charge in [-0.3, -0.25) is 0 Å². The van der Waals surface area contributed by atoms with Gasteiger partial charge in [0.15, 0.2) is 0 Å². The fraction of sp³-hybridized carbons (Fsp3) is 0.462. The Balaban J connectivity index is 3.33.